The Balaban J connectivity index is 3.50. The van der Waals surface area contributed by atoms with Crippen molar-refractivity contribution >= 4 is 18.4 Å². The van der Waals surface area contributed by atoms with Crippen LogP contribution in [0.5, 0.6) is 0 Å². The number of hydrogen-bond donors (Lipinski definition) is 0. The van der Waals surface area contributed by atoms with Crippen molar-refractivity contribution in [2.75, 3.05) is 13.2 Å². The fourth-order valence-corrected chi connectivity index (χ4v) is 2.17. The van der Waals surface area contributed by atoms with E-state index in [0.29, 0.717) is 6.61 Å². The molecule has 0 aromatic carbocycles. The van der Waals surface area contributed by atoms with Gasteiger partial charge in [-0.25, -0.2) is 0 Å². The summed E-state index contributed by atoms with van der Waals surface area (Å²) in [5.74, 6) is 3.05. The molecule has 0 atom stereocenters. The summed E-state index contributed by atoms with van der Waals surface area (Å²) in [6, 6.07) is 0. The number of hydrogen-bond acceptors (Lipinski definition) is 1. The fourth-order valence-electron chi connectivity index (χ4n) is 0.454. The first-order chi connectivity index (χ1) is 4.56. The van der Waals surface area contributed by atoms with Gasteiger partial charge in [-0.2, -0.15) is 0 Å². The normalized spacial score (nSPS) is 10.4. The molecule has 0 N–H and O–H groups in total. The monoisotopic (exact) mass is 248 g/mol. The van der Waals surface area contributed by atoms with E-state index in [1.54, 1.807) is 0 Å². The summed E-state index contributed by atoms with van der Waals surface area (Å²) in [6.45, 7) is 3.38. The first-order valence-electron chi connectivity index (χ1n) is 3.64. The molecule has 0 aromatic rings. The van der Waals surface area contributed by atoms with Crippen molar-refractivity contribution in [1.29, 1.82) is 0 Å². The second-order valence-electron chi connectivity index (χ2n) is 3.19. The van der Waals surface area contributed by atoms with Gasteiger partial charge in [-0.3, -0.25) is 0 Å². The van der Waals surface area contributed by atoms with Crippen LogP contribution in [-0.4, -0.2) is 31.6 Å². The molecule has 0 heterocycles. The van der Waals surface area contributed by atoms with E-state index in [1.165, 1.54) is 0 Å². The number of rotatable bonds is 2. The quantitative estimate of drug-likeness (QED) is 0.411. The van der Waals surface area contributed by atoms with Gasteiger partial charge in [-0.1, -0.05) is 0 Å². The summed E-state index contributed by atoms with van der Waals surface area (Å²) in [5, 5.41) is 0. The van der Waals surface area contributed by atoms with Crippen LogP contribution in [-0.2, 0) is 4.74 Å². The van der Waals surface area contributed by atoms with E-state index in [9.17, 15) is 0 Å². The van der Waals surface area contributed by atoms with Crippen molar-refractivity contribution in [2.24, 2.45) is 0 Å². The first-order valence-corrected chi connectivity index (χ1v) is 13.6. The van der Waals surface area contributed by atoms with Crippen molar-refractivity contribution in [3.8, 4) is 9.86 Å². The minimum absolute atomic E-state index is 0.616. The predicted octanol–water partition coefficient (Wildman–Crippen LogP) is 1.90. The molecule has 0 fully saturated rings. The van der Waals surface area contributed by atoms with Crippen LogP contribution in [0.1, 0.15) is 6.92 Å². The molecule has 0 saturated carbocycles. The Morgan fingerprint density at radius 1 is 1.30 bits per heavy atom. The first kappa shape index (κ1) is 10.3. The molecule has 0 aromatic heterocycles. The Morgan fingerprint density at radius 2 is 1.90 bits per heavy atom. The van der Waals surface area contributed by atoms with Crippen LogP contribution in [0.15, 0.2) is 0 Å². The van der Waals surface area contributed by atoms with Gasteiger partial charge >= 0.3 is 67.9 Å². The fraction of sp³-hybridized carbons (Fsp3) is 0.750. The van der Waals surface area contributed by atoms with Crippen molar-refractivity contribution in [1.82, 2.24) is 0 Å². The van der Waals surface area contributed by atoms with E-state index in [0.717, 1.165) is 6.61 Å². The van der Waals surface area contributed by atoms with Crippen LogP contribution < -0.4 is 0 Å². The van der Waals surface area contributed by atoms with E-state index in [1.807, 2.05) is 6.92 Å². The summed E-state index contributed by atoms with van der Waals surface area (Å²) in [5.41, 5.74) is 0. The van der Waals surface area contributed by atoms with E-state index in [-0.39, 0.29) is 0 Å². The second kappa shape index (κ2) is 5.03. The zero-order chi connectivity index (χ0) is 8.04. The molecule has 0 aliphatic heterocycles. The van der Waals surface area contributed by atoms with Crippen LogP contribution in [0.25, 0.3) is 0 Å². The topological polar surface area (TPSA) is 9.23 Å². The summed E-state index contributed by atoms with van der Waals surface area (Å²) < 4.78 is 8.38. The Bertz CT molecular complexity index is 136. The minimum atomic E-state index is -1.79. The zero-order valence-corrected chi connectivity index (χ0v) is 10.2. The molecule has 0 amide bonds. The zero-order valence-electron chi connectivity index (χ0n) is 7.32. The molecular formula is C8H16OSn. The predicted molar refractivity (Wildman–Crippen MR) is 47.6 cm³/mol. The van der Waals surface area contributed by atoms with Gasteiger partial charge in [0.25, 0.3) is 0 Å². The SMILES string of the molecule is CCOCC#[C][Sn]([CH3])([CH3])[CH3]. The average Bonchev–Trinajstić information content (AvgIpc) is 1.78. The average molecular weight is 247 g/mol. The molecule has 0 aliphatic rings. The van der Waals surface area contributed by atoms with E-state index in [4.69, 9.17) is 4.74 Å². The summed E-state index contributed by atoms with van der Waals surface area (Å²) in [7, 11) is 0. The molecule has 0 spiro atoms. The second-order valence-corrected chi connectivity index (χ2v) is 16.7. The molecule has 58 valence electrons. The van der Waals surface area contributed by atoms with E-state index < -0.39 is 18.4 Å². The van der Waals surface area contributed by atoms with E-state index >= 15 is 0 Å². The summed E-state index contributed by atoms with van der Waals surface area (Å²) in [4.78, 5) is 6.90. The molecular weight excluding hydrogens is 231 g/mol. The standard InChI is InChI=1S/C5H7O.3CH3.Sn/c1-3-5-6-4-2;;;;/h4-5H2,2H3;3*1H3;. The molecule has 0 bridgehead atoms. The third-order valence-corrected chi connectivity index (χ3v) is 3.49. The van der Waals surface area contributed by atoms with E-state index in [2.05, 4.69) is 24.7 Å². The maximum absolute atomic E-state index is 5.09. The molecule has 0 rings (SSSR count). The third-order valence-electron chi connectivity index (χ3n) is 0.842. The Morgan fingerprint density at radius 3 is 2.30 bits per heavy atom. The van der Waals surface area contributed by atoms with Gasteiger partial charge in [0.05, 0.1) is 0 Å². The van der Waals surface area contributed by atoms with Crippen LogP contribution in [0.3, 0.4) is 0 Å². The molecule has 2 heteroatoms. The van der Waals surface area contributed by atoms with Crippen molar-refractivity contribution in [3.63, 3.8) is 0 Å². The Kier molecular flexibility index (Phi) is 5.19. The van der Waals surface area contributed by atoms with Gasteiger partial charge in [-0.05, 0) is 0 Å². The molecule has 0 saturated heterocycles. The summed E-state index contributed by atoms with van der Waals surface area (Å²) >= 11 is -1.79. The molecule has 0 radical (unpaired) electrons. The maximum atomic E-state index is 5.09. The van der Waals surface area contributed by atoms with Crippen LogP contribution in [0, 0.1) is 9.86 Å². The summed E-state index contributed by atoms with van der Waals surface area (Å²) in [6.07, 6.45) is 0. The van der Waals surface area contributed by atoms with Gasteiger partial charge in [0, 0.05) is 0 Å². The van der Waals surface area contributed by atoms with Crippen LogP contribution in [0.2, 0.25) is 14.8 Å². The Labute approximate surface area is 68.0 Å². The van der Waals surface area contributed by atoms with Gasteiger partial charge < -0.3 is 0 Å². The number of ether oxygens (including phenoxy) is 1. The van der Waals surface area contributed by atoms with Crippen molar-refractivity contribution in [2.45, 2.75) is 21.7 Å². The van der Waals surface area contributed by atoms with Gasteiger partial charge in [0.2, 0.25) is 0 Å². The van der Waals surface area contributed by atoms with Gasteiger partial charge in [0.15, 0.2) is 0 Å². The van der Waals surface area contributed by atoms with Crippen molar-refractivity contribution < 1.29 is 4.74 Å². The third kappa shape index (κ3) is 8.32. The Hall–Kier alpha value is 0.319. The molecule has 10 heavy (non-hydrogen) atoms. The van der Waals surface area contributed by atoms with Crippen LogP contribution in [0.4, 0.5) is 0 Å². The van der Waals surface area contributed by atoms with Crippen molar-refractivity contribution in [3.05, 3.63) is 0 Å². The van der Waals surface area contributed by atoms with Gasteiger partial charge in [0.1, 0.15) is 0 Å². The molecule has 0 unspecified atom stereocenters. The molecule has 1 nitrogen and oxygen atoms in total. The molecule has 0 aliphatic carbocycles. The van der Waals surface area contributed by atoms with Gasteiger partial charge in [-0.15, -0.1) is 0 Å². The van der Waals surface area contributed by atoms with Crippen LogP contribution >= 0.6 is 0 Å².